The number of hydrogen-bond donors (Lipinski definition) is 1. The summed E-state index contributed by atoms with van der Waals surface area (Å²) in [6.07, 6.45) is 0. The molecule has 2 atom stereocenters. The molecular weight excluding hydrogens is 262 g/mol. The number of benzene rings is 1. The van der Waals surface area contributed by atoms with E-state index in [9.17, 15) is 0 Å². The monoisotopic (exact) mass is 283 g/mol. The second kappa shape index (κ2) is 6.39. The van der Waals surface area contributed by atoms with Crippen LogP contribution in [0.5, 0.6) is 17.2 Å². The molecule has 0 bridgehead atoms. The first-order valence-electron chi connectivity index (χ1n) is 6.34. The lowest BCUT2D eigenvalue weighted by Crippen LogP contribution is -2.31. The Morgan fingerprint density at radius 1 is 1.11 bits per heavy atom. The maximum absolute atomic E-state index is 5.39. The van der Waals surface area contributed by atoms with Crippen LogP contribution in [0, 0.1) is 5.92 Å². The molecule has 0 aromatic heterocycles. The van der Waals surface area contributed by atoms with Gasteiger partial charge in [-0.2, -0.15) is 0 Å². The third kappa shape index (κ3) is 3.09. The summed E-state index contributed by atoms with van der Waals surface area (Å²) in [6, 6.07) is 4.03. The number of ether oxygens (including phenoxy) is 3. The molecule has 1 aliphatic rings. The molecule has 2 rings (SSSR count). The standard InChI is InChI=1S/C14H21NO3S/c1-9-7-15-14(19-8-9)10-5-11(16-2)13(18-4)12(6-10)17-3/h5-6,9,14-15H,7-8H2,1-4H3. The van der Waals surface area contributed by atoms with E-state index in [2.05, 4.69) is 12.2 Å². The predicted octanol–water partition coefficient (Wildman–Crippen LogP) is 2.68. The van der Waals surface area contributed by atoms with Crippen molar-refractivity contribution >= 4 is 11.8 Å². The lowest BCUT2D eigenvalue weighted by Gasteiger charge is -2.28. The molecule has 2 unspecified atom stereocenters. The van der Waals surface area contributed by atoms with E-state index in [-0.39, 0.29) is 5.37 Å². The molecule has 5 heteroatoms. The van der Waals surface area contributed by atoms with Crippen LogP contribution in [-0.2, 0) is 0 Å². The summed E-state index contributed by atoms with van der Waals surface area (Å²) < 4.78 is 16.1. The molecule has 0 saturated carbocycles. The summed E-state index contributed by atoms with van der Waals surface area (Å²) in [5, 5.41) is 3.82. The van der Waals surface area contributed by atoms with Crippen molar-refractivity contribution in [3.63, 3.8) is 0 Å². The second-order valence-electron chi connectivity index (χ2n) is 4.69. The summed E-state index contributed by atoms with van der Waals surface area (Å²) in [5.74, 6) is 3.93. The van der Waals surface area contributed by atoms with Crippen LogP contribution < -0.4 is 19.5 Å². The topological polar surface area (TPSA) is 39.7 Å². The first-order chi connectivity index (χ1) is 9.19. The van der Waals surface area contributed by atoms with Gasteiger partial charge in [-0.15, -0.1) is 11.8 Å². The van der Waals surface area contributed by atoms with Gasteiger partial charge in [0, 0.05) is 0 Å². The zero-order chi connectivity index (χ0) is 13.8. The Kier molecular flexibility index (Phi) is 4.82. The second-order valence-corrected chi connectivity index (χ2v) is 5.82. The molecule has 1 aromatic carbocycles. The van der Waals surface area contributed by atoms with Gasteiger partial charge in [0.25, 0.3) is 0 Å². The molecule has 1 aromatic rings. The fraction of sp³-hybridized carbons (Fsp3) is 0.571. The van der Waals surface area contributed by atoms with E-state index < -0.39 is 0 Å². The van der Waals surface area contributed by atoms with Gasteiger partial charge < -0.3 is 19.5 Å². The minimum absolute atomic E-state index is 0.282. The lowest BCUT2D eigenvalue weighted by atomic mass is 10.1. The maximum Gasteiger partial charge on any atom is 0.203 e. The highest BCUT2D eigenvalue weighted by molar-refractivity contribution is 7.99. The van der Waals surface area contributed by atoms with Gasteiger partial charge in [0.1, 0.15) is 0 Å². The van der Waals surface area contributed by atoms with Crippen LogP contribution in [-0.4, -0.2) is 33.6 Å². The van der Waals surface area contributed by atoms with Gasteiger partial charge in [-0.25, -0.2) is 0 Å². The Morgan fingerprint density at radius 2 is 1.74 bits per heavy atom. The largest absolute Gasteiger partial charge is 0.493 e. The fourth-order valence-electron chi connectivity index (χ4n) is 2.15. The molecule has 19 heavy (non-hydrogen) atoms. The van der Waals surface area contributed by atoms with Gasteiger partial charge in [0.15, 0.2) is 11.5 Å². The SMILES string of the molecule is COc1cc(C2NCC(C)CS2)cc(OC)c1OC. The predicted molar refractivity (Wildman–Crippen MR) is 78.5 cm³/mol. The van der Waals surface area contributed by atoms with E-state index in [1.54, 1.807) is 21.3 Å². The lowest BCUT2D eigenvalue weighted by molar-refractivity contribution is 0.323. The zero-order valence-electron chi connectivity index (χ0n) is 11.9. The van der Waals surface area contributed by atoms with Crippen LogP contribution in [0.2, 0.25) is 0 Å². The highest BCUT2D eigenvalue weighted by Crippen LogP contribution is 2.42. The quantitative estimate of drug-likeness (QED) is 0.920. The van der Waals surface area contributed by atoms with Crippen LogP contribution >= 0.6 is 11.8 Å². The molecule has 1 N–H and O–H groups in total. The van der Waals surface area contributed by atoms with Crippen LogP contribution in [0.15, 0.2) is 12.1 Å². The van der Waals surface area contributed by atoms with E-state index >= 15 is 0 Å². The Hall–Kier alpha value is -1.07. The zero-order valence-corrected chi connectivity index (χ0v) is 12.7. The summed E-state index contributed by atoms with van der Waals surface area (Å²) in [7, 11) is 4.91. The summed E-state index contributed by atoms with van der Waals surface area (Å²) in [6.45, 7) is 3.29. The minimum Gasteiger partial charge on any atom is -0.493 e. The van der Waals surface area contributed by atoms with Crippen molar-refractivity contribution in [1.82, 2.24) is 5.32 Å². The van der Waals surface area contributed by atoms with Crippen molar-refractivity contribution in [2.45, 2.75) is 12.3 Å². The molecule has 1 aliphatic heterocycles. The van der Waals surface area contributed by atoms with Crippen LogP contribution in [0.4, 0.5) is 0 Å². The normalized spacial score (nSPS) is 22.9. The number of thioether (sulfide) groups is 1. The van der Waals surface area contributed by atoms with Crippen molar-refractivity contribution in [3.8, 4) is 17.2 Å². The average molecular weight is 283 g/mol. The van der Waals surface area contributed by atoms with Crippen LogP contribution in [0.3, 0.4) is 0 Å². The highest BCUT2D eigenvalue weighted by Gasteiger charge is 2.22. The summed E-state index contributed by atoms with van der Waals surface area (Å²) in [4.78, 5) is 0. The molecule has 4 nitrogen and oxygen atoms in total. The third-order valence-electron chi connectivity index (χ3n) is 3.19. The average Bonchev–Trinajstić information content (AvgIpc) is 2.46. The van der Waals surface area contributed by atoms with Gasteiger partial charge in [0.2, 0.25) is 5.75 Å². The van der Waals surface area contributed by atoms with Gasteiger partial charge in [-0.3, -0.25) is 0 Å². The van der Waals surface area contributed by atoms with E-state index in [1.807, 2.05) is 23.9 Å². The third-order valence-corrected chi connectivity index (χ3v) is 4.72. The fourth-order valence-corrected chi connectivity index (χ4v) is 3.33. The molecule has 0 radical (unpaired) electrons. The Labute approximate surface area is 118 Å². The van der Waals surface area contributed by atoms with Gasteiger partial charge in [-0.05, 0) is 35.9 Å². The molecule has 1 heterocycles. The van der Waals surface area contributed by atoms with Crippen LogP contribution in [0.1, 0.15) is 17.9 Å². The smallest absolute Gasteiger partial charge is 0.203 e. The highest BCUT2D eigenvalue weighted by atomic mass is 32.2. The molecule has 106 valence electrons. The first-order valence-corrected chi connectivity index (χ1v) is 7.39. The number of hydrogen-bond acceptors (Lipinski definition) is 5. The van der Waals surface area contributed by atoms with E-state index in [0.717, 1.165) is 17.9 Å². The molecule has 0 spiro atoms. The van der Waals surface area contributed by atoms with Crippen molar-refractivity contribution in [3.05, 3.63) is 17.7 Å². The number of nitrogens with one attached hydrogen (secondary N) is 1. The van der Waals surface area contributed by atoms with E-state index in [1.165, 1.54) is 0 Å². The van der Waals surface area contributed by atoms with Crippen LogP contribution in [0.25, 0.3) is 0 Å². The summed E-state index contributed by atoms with van der Waals surface area (Å²) >= 11 is 1.91. The van der Waals surface area contributed by atoms with E-state index in [0.29, 0.717) is 23.2 Å². The van der Waals surface area contributed by atoms with Crippen molar-refractivity contribution in [1.29, 1.82) is 0 Å². The Morgan fingerprint density at radius 3 is 2.16 bits per heavy atom. The minimum atomic E-state index is 0.282. The van der Waals surface area contributed by atoms with Gasteiger partial charge in [0.05, 0.1) is 26.7 Å². The maximum atomic E-state index is 5.39. The number of rotatable bonds is 4. The van der Waals surface area contributed by atoms with Gasteiger partial charge >= 0.3 is 0 Å². The van der Waals surface area contributed by atoms with Gasteiger partial charge in [-0.1, -0.05) is 6.92 Å². The van der Waals surface area contributed by atoms with Crippen molar-refractivity contribution in [2.24, 2.45) is 5.92 Å². The number of methoxy groups -OCH3 is 3. The molecular formula is C14H21NO3S. The Bertz CT molecular complexity index is 406. The molecule has 1 fully saturated rings. The summed E-state index contributed by atoms with van der Waals surface area (Å²) in [5.41, 5.74) is 1.16. The molecule has 0 aliphatic carbocycles. The molecule has 1 saturated heterocycles. The Balaban J connectivity index is 2.30. The van der Waals surface area contributed by atoms with E-state index in [4.69, 9.17) is 14.2 Å². The van der Waals surface area contributed by atoms with Crippen molar-refractivity contribution in [2.75, 3.05) is 33.6 Å². The first kappa shape index (κ1) is 14.3. The molecule has 0 amide bonds. The van der Waals surface area contributed by atoms with Crippen molar-refractivity contribution < 1.29 is 14.2 Å².